The molecule has 2 fully saturated rings. The number of alkyl halides is 1. The summed E-state index contributed by atoms with van der Waals surface area (Å²) in [6.07, 6.45) is 11.0. The standard InChI is InChI=1S/C24H31NO.C18H28NO5P.C15H16ClO4P.CH4/c1-3-13-25-14-7-10-21-15-22-20(16-23(21)25)12-11-18(2)24(22)26-17-19-8-5-4-6-9-19;1-3-8-19(12-24-25(21,22)23)9-4-5-15-10-16-14(11-17(15)19)7-6-13(2)18(16)20;16-13-20-21(17,18-11-14-7-3-1-4-8-14)19-12-15-9-5-2-6-10-15;/h4-6,8-9,11-12,21,23H,3,7,10,13-17H2,1-2H3;6-7,15,17H,3-5,8-12H2,1-2H3,(H2-,20,21,22,23);1-10H,11-13H2;1H4/t21-,23-;15-,17?,19-;;/m11../s1. The van der Waals surface area contributed by atoms with Crippen molar-refractivity contribution in [2.24, 2.45) is 11.8 Å². The maximum atomic E-state index is 12.4. The molecule has 0 aromatic heterocycles. The van der Waals surface area contributed by atoms with Crippen molar-refractivity contribution in [1.29, 1.82) is 0 Å². The highest BCUT2D eigenvalue weighted by atomic mass is 35.5. The molecule has 15 heteroatoms. The van der Waals surface area contributed by atoms with Gasteiger partial charge in [-0.3, -0.25) is 32.0 Å². The van der Waals surface area contributed by atoms with Gasteiger partial charge in [0.25, 0.3) is 7.82 Å². The number of hydrogen-bond donors (Lipinski definition) is 2. The number of phenols is 1. The smallest absolute Gasteiger partial charge is 0.476 e. The highest BCUT2D eigenvalue weighted by molar-refractivity contribution is 7.48. The van der Waals surface area contributed by atoms with E-state index in [0.29, 0.717) is 22.8 Å². The Morgan fingerprint density at radius 2 is 1.25 bits per heavy atom. The third kappa shape index (κ3) is 16.1. The summed E-state index contributed by atoms with van der Waals surface area (Å²) in [4.78, 5) is 23.0. The Morgan fingerprint density at radius 1 is 0.685 bits per heavy atom. The minimum Gasteiger partial charge on any atom is -0.756 e. The van der Waals surface area contributed by atoms with Gasteiger partial charge in [0.15, 0.2) is 6.73 Å². The van der Waals surface area contributed by atoms with Crippen molar-refractivity contribution < 1.29 is 51.3 Å². The van der Waals surface area contributed by atoms with Crippen LogP contribution < -0.4 is 9.63 Å². The Morgan fingerprint density at radius 3 is 1.82 bits per heavy atom. The monoisotopic (exact) mass is 1060 g/mol. The van der Waals surface area contributed by atoms with Crippen molar-refractivity contribution in [2.45, 2.75) is 131 Å². The molecular formula is C58H79ClN2O10P2. The molecule has 6 atom stereocenters. The Hall–Kier alpha value is -3.87. The summed E-state index contributed by atoms with van der Waals surface area (Å²) in [6.45, 7) is 13.6. The first kappa shape index (κ1) is 58.4. The predicted molar refractivity (Wildman–Crippen MR) is 289 cm³/mol. The van der Waals surface area contributed by atoms with Crippen LogP contribution >= 0.6 is 27.2 Å². The second kappa shape index (κ2) is 27.8. The summed E-state index contributed by atoms with van der Waals surface area (Å²) in [5, 5.41) is 10.4. The van der Waals surface area contributed by atoms with Crippen molar-refractivity contribution in [3.8, 4) is 11.5 Å². The average molecular weight is 1060 g/mol. The molecule has 0 saturated carbocycles. The van der Waals surface area contributed by atoms with Gasteiger partial charge in [0, 0.05) is 18.4 Å². The molecule has 2 aliphatic carbocycles. The van der Waals surface area contributed by atoms with Gasteiger partial charge in [-0.05, 0) is 141 Å². The number of halogens is 1. The number of quaternary nitrogens is 1. The molecule has 398 valence electrons. The first-order valence-electron chi connectivity index (χ1n) is 25.8. The lowest BCUT2D eigenvalue weighted by Gasteiger charge is -2.52. The fourth-order valence-electron chi connectivity index (χ4n) is 11.5. The van der Waals surface area contributed by atoms with Crippen molar-refractivity contribution in [1.82, 2.24) is 4.90 Å². The van der Waals surface area contributed by atoms with E-state index in [1.54, 1.807) is 0 Å². The molecule has 2 heterocycles. The Kier molecular flexibility index (Phi) is 22.2. The number of phenolic OH excluding ortho intramolecular Hbond substituents is 1. The van der Waals surface area contributed by atoms with Gasteiger partial charge < -0.3 is 19.6 Å². The van der Waals surface area contributed by atoms with Crippen molar-refractivity contribution in [3.63, 3.8) is 0 Å². The van der Waals surface area contributed by atoms with Gasteiger partial charge in [0.05, 0.1) is 32.3 Å². The lowest BCUT2D eigenvalue weighted by atomic mass is 9.73. The van der Waals surface area contributed by atoms with Gasteiger partial charge in [-0.1, -0.05) is 148 Å². The average Bonchev–Trinajstić information content (AvgIpc) is 3.38. The molecule has 4 aliphatic rings. The number of rotatable bonds is 18. The number of benzene rings is 5. The maximum Gasteiger partial charge on any atom is 0.476 e. The van der Waals surface area contributed by atoms with Gasteiger partial charge >= 0.3 is 7.82 Å². The number of aryl methyl sites for hydroxylation is 2. The SMILES string of the molecule is C.CCCN1CCC[C@@H]2Cc3c(ccc(C)c3OCc3ccccc3)C[C@H]21.CCC[N@+]1(COP(=O)([O-])O)CCC[C@@H]2Cc3c(ccc(C)c3O)CC21.O=P(OCCl)(OCc1ccccc1)OCc1ccccc1. The molecule has 73 heavy (non-hydrogen) atoms. The number of hydrogen-bond acceptors (Lipinski definition) is 10. The van der Waals surface area contributed by atoms with E-state index in [1.807, 2.05) is 73.7 Å². The normalized spacial score (nSPS) is 22.0. The Balaban J connectivity index is 0.000000179. The quantitative estimate of drug-likeness (QED) is 0.0491. The molecule has 2 N–H and O–H groups in total. The third-order valence-corrected chi connectivity index (χ3v) is 17.0. The van der Waals surface area contributed by atoms with Crippen molar-refractivity contribution in [3.05, 3.63) is 165 Å². The zero-order chi connectivity index (χ0) is 51.1. The van der Waals surface area contributed by atoms with E-state index >= 15 is 0 Å². The molecule has 0 radical (unpaired) electrons. The van der Waals surface area contributed by atoms with E-state index in [2.05, 4.69) is 74.2 Å². The van der Waals surface area contributed by atoms with E-state index in [-0.39, 0.29) is 39.5 Å². The first-order chi connectivity index (χ1) is 34.7. The van der Waals surface area contributed by atoms with Gasteiger partial charge in [-0.25, -0.2) is 4.57 Å². The van der Waals surface area contributed by atoms with E-state index in [1.165, 1.54) is 67.4 Å². The van der Waals surface area contributed by atoms with Crippen LogP contribution in [0.2, 0.25) is 0 Å². The summed E-state index contributed by atoms with van der Waals surface area (Å²) in [5.41, 5.74) is 10.4. The summed E-state index contributed by atoms with van der Waals surface area (Å²) in [7, 11) is -8.41. The molecule has 5 aromatic carbocycles. The second-order valence-electron chi connectivity index (χ2n) is 19.9. The Labute approximate surface area is 440 Å². The zero-order valence-electron chi connectivity index (χ0n) is 42.5. The second-order valence-corrected chi connectivity index (χ2v) is 23.0. The van der Waals surface area contributed by atoms with Gasteiger partial charge in [-0.15, -0.1) is 0 Å². The van der Waals surface area contributed by atoms with E-state index in [9.17, 15) is 19.1 Å². The number of fused-ring (bicyclic) bond motifs is 4. The predicted octanol–water partition coefficient (Wildman–Crippen LogP) is 12.8. The topological polar surface area (TPSA) is 147 Å². The number of phosphoric ester groups is 2. The highest BCUT2D eigenvalue weighted by Gasteiger charge is 2.48. The number of ether oxygens (including phenoxy) is 1. The molecule has 0 amide bonds. The molecule has 12 nitrogen and oxygen atoms in total. The number of aromatic hydroxyl groups is 1. The van der Waals surface area contributed by atoms with E-state index in [0.717, 1.165) is 90.7 Å². The third-order valence-electron chi connectivity index (χ3n) is 14.9. The largest absolute Gasteiger partial charge is 0.756 e. The highest BCUT2D eigenvalue weighted by Crippen LogP contribution is 2.51. The summed E-state index contributed by atoms with van der Waals surface area (Å²) < 4.78 is 51.0. The molecular weight excluding hydrogens is 982 g/mol. The fourth-order valence-corrected chi connectivity index (χ4v) is 13.2. The molecule has 9 rings (SSSR count). The van der Waals surface area contributed by atoms with Crippen LogP contribution in [-0.2, 0) is 72.7 Å². The fraction of sp³-hybridized carbons (Fsp3) is 0.483. The van der Waals surface area contributed by atoms with Gasteiger partial charge in [-0.2, -0.15) is 0 Å². The van der Waals surface area contributed by atoms with Crippen LogP contribution in [0.4, 0.5) is 0 Å². The lowest BCUT2D eigenvalue weighted by Crippen LogP contribution is -2.64. The number of phosphoric acid groups is 2. The van der Waals surface area contributed by atoms with Crippen LogP contribution in [0.3, 0.4) is 0 Å². The first-order valence-corrected chi connectivity index (χ1v) is 29.3. The van der Waals surface area contributed by atoms with Crippen molar-refractivity contribution >= 4 is 27.2 Å². The van der Waals surface area contributed by atoms with Crippen LogP contribution in [0.1, 0.15) is 110 Å². The van der Waals surface area contributed by atoms with Crippen LogP contribution in [0.15, 0.2) is 115 Å². The van der Waals surface area contributed by atoms with Crippen LogP contribution in [-0.4, -0.2) is 70.4 Å². The lowest BCUT2D eigenvalue weighted by molar-refractivity contribution is -0.973. The van der Waals surface area contributed by atoms with Crippen molar-refractivity contribution in [2.75, 3.05) is 39.0 Å². The molecule has 2 saturated heterocycles. The van der Waals surface area contributed by atoms with Gasteiger partial charge in [0.1, 0.15) is 24.2 Å². The zero-order valence-corrected chi connectivity index (χ0v) is 45.1. The van der Waals surface area contributed by atoms with Gasteiger partial charge in [0.2, 0.25) is 0 Å². The number of nitrogens with zero attached hydrogens (tertiary/aromatic N) is 2. The van der Waals surface area contributed by atoms with Crippen LogP contribution in [0.5, 0.6) is 11.5 Å². The molecule has 2 unspecified atom stereocenters. The summed E-state index contributed by atoms with van der Waals surface area (Å²) >= 11 is 5.49. The van der Waals surface area contributed by atoms with E-state index < -0.39 is 15.6 Å². The number of piperidine rings is 2. The molecule has 0 spiro atoms. The summed E-state index contributed by atoms with van der Waals surface area (Å²) in [5.74, 6) is 2.75. The van der Waals surface area contributed by atoms with E-state index in [4.69, 9.17) is 39.3 Å². The van der Waals surface area contributed by atoms with Crippen LogP contribution in [0.25, 0.3) is 0 Å². The molecule has 2 aliphatic heterocycles. The summed E-state index contributed by atoms with van der Waals surface area (Å²) in [6, 6.07) is 38.6. The minimum absolute atomic E-state index is 0. The number of likely N-dealkylation sites (tertiary alicyclic amines) is 2. The minimum atomic E-state index is -4.73. The molecule has 0 bridgehead atoms. The maximum absolute atomic E-state index is 12.4. The van der Waals surface area contributed by atoms with Crippen LogP contribution in [0, 0.1) is 25.7 Å². The Bertz CT molecular complexity index is 2520. The molecule has 5 aromatic rings.